The Bertz CT molecular complexity index is 980. The van der Waals surface area contributed by atoms with Gasteiger partial charge in [0.25, 0.3) is 11.5 Å². The van der Waals surface area contributed by atoms with Crippen LogP contribution in [0.5, 0.6) is 5.75 Å². The maximum Gasteiger partial charge on any atom is 0.253 e. The molecule has 0 aliphatic rings. The van der Waals surface area contributed by atoms with Crippen molar-refractivity contribution in [3.8, 4) is 5.75 Å². The van der Waals surface area contributed by atoms with Crippen LogP contribution in [-0.4, -0.2) is 29.9 Å². The Balaban J connectivity index is 1.86. The molecule has 5 nitrogen and oxygen atoms in total. The second-order valence-electron chi connectivity index (χ2n) is 5.74. The van der Waals surface area contributed by atoms with Crippen LogP contribution in [0.3, 0.4) is 0 Å². The number of halogens is 1. The Labute approximate surface area is 149 Å². The van der Waals surface area contributed by atoms with E-state index in [2.05, 4.69) is 4.98 Å². The molecule has 0 aliphatic carbocycles. The van der Waals surface area contributed by atoms with E-state index in [0.29, 0.717) is 27.4 Å². The molecule has 1 amide bonds. The van der Waals surface area contributed by atoms with Gasteiger partial charge in [-0.1, -0.05) is 11.6 Å². The highest BCUT2D eigenvalue weighted by molar-refractivity contribution is 6.30. The summed E-state index contributed by atoms with van der Waals surface area (Å²) in [6.45, 7) is 0.207. The maximum absolute atomic E-state index is 12.5. The summed E-state index contributed by atoms with van der Waals surface area (Å²) in [5.74, 6) is 0.497. The number of aromatic amines is 1. The van der Waals surface area contributed by atoms with Crippen molar-refractivity contribution in [1.82, 2.24) is 9.88 Å². The number of fused-ring (bicyclic) bond motifs is 1. The van der Waals surface area contributed by atoms with Crippen LogP contribution in [0, 0.1) is 0 Å². The van der Waals surface area contributed by atoms with E-state index in [4.69, 9.17) is 16.3 Å². The van der Waals surface area contributed by atoms with Gasteiger partial charge in [0.2, 0.25) is 0 Å². The first-order valence-electron chi connectivity index (χ1n) is 7.69. The zero-order chi connectivity index (χ0) is 18.0. The number of aromatic nitrogens is 1. The van der Waals surface area contributed by atoms with Gasteiger partial charge in [0.1, 0.15) is 5.75 Å². The van der Waals surface area contributed by atoms with Gasteiger partial charge < -0.3 is 14.6 Å². The third-order valence-electron chi connectivity index (χ3n) is 3.98. The smallest absolute Gasteiger partial charge is 0.253 e. The molecule has 0 saturated heterocycles. The van der Waals surface area contributed by atoms with Crippen molar-refractivity contribution >= 4 is 28.4 Å². The molecule has 0 atom stereocenters. The number of nitrogens with zero attached hydrogens (tertiary/aromatic N) is 1. The van der Waals surface area contributed by atoms with Crippen molar-refractivity contribution in [3.05, 3.63) is 75.0 Å². The second kappa shape index (κ2) is 6.99. The number of carbonyl (C=O) groups is 1. The Morgan fingerprint density at radius 3 is 2.56 bits per heavy atom. The van der Waals surface area contributed by atoms with Crippen LogP contribution in [0.2, 0.25) is 5.02 Å². The van der Waals surface area contributed by atoms with Crippen molar-refractivity contribution in [3.63, 3.8) is 0 Å². The number of amides is 1. The number of pyridine rings is 1. The summed E-state index contributed by atoms with van der Waals surface area (Å²) in [7, 11) is 3.24. The molecule has 3 aromatic rings. The topological polar surface area (TPSA) is 62.4 Å². The molecule has 128 valence electrons. The van der Waals surface area contributed by atoms with Gasteiger partial charge in [-0.3, -0.25) is 9.59 Å². The van der Waals surface area contributed by atoms with Gasteiger partial charge in [-0.2, -0.15) is 0 Å². The zero-order valence-electron chi connectivity index (χ0n) is 13.9. The monoisotopic (exact) mass is 356 g/mol. The van der Waals surface area contributed by atoms with E-state index in [1.807, 2.05) is 12.1 Å². The predicted molar refractivity (Wildman–Crippen MR) is 98.4 cm³/mol. The first-order valence-corrected chi connectivity index (χ1v) is 8.06. The number of rotatable bonds is 4. The summed E-state index contributed by atoms with van der Waals surface area (Å²) in [5.41, 5.74) is 1.51. The van der Waals surface area contributed by atoms with Crippen LogP contribution >= 0.6 is 11.6 Å². The molecule has 0 unspecified atom stereocenters. The fourth-order valence-electron chi connectivity index (χ4n) is 2.61. The van der Waals surface area contributed by atoms with E-state index in [1.54, 1.807) is 50.6 Å². The van der Waals surface area contributed by atoms with E-state index in [1.165, 1.54) is 4.90 Å². The number of benzene rings is 2. The Morgan fingerprint density at radius 2 is 1.88 bits per heavy atom. The Morgan fingerprint density at radius 1 is 1.16 bits per heavy atom. The van der Waals surface area contributed by atoms with Crippen molar-refractivity contribution < 1.29 is 9.53 Å². The maximum atomic E-state index is 12.5. The normalized spacial score (nSPS) is 10.7. The highest BCUT2D eigenvalue weighted by Crippen LogP contribution is 2.19. The van der Waals surface area contributed by atoms with Crippen LogP contribution in [0.25, 0.3) is 10.9 Å². The Hall–Kier alpha value is -2.79. The summed E-state index contributed by atoms with van der Waals surface area (Å²) in [5, 5.41) is 1.45. The lowest BCUT2D eigenvalue weighted by Gasteiger charge is -2.17. The van der Waals surface area contributed by atoms with Crippen molar-refractivity contribution in [2.45, 2.75) is 6.54 Å². The van der Waals surface area contributed by atoms with Gasteiger partial charge >= 0.3 is 0 Å². The van der Waals surface area contributed by atoms with Crippen molar-refractivity contribution in [1.29, 1.82) is 0 Å². The molecule has 1 N–H and O–H groups in total. The minimum atomic E-state index is -0.225. The van der Waals surface area contributed by atoms with Crippen molar-refractivity contribution in [2.75, 3.05) is 14.2 Å². The van der Waals surface area contributed by atoms with E-state index in [-0.39, 0.29) is 18.0 Å². The van der Waals surface area contributed by atoms with Crippen molar-refractivity contribution in [2.24, 2.45) is 0 Å². The minimum absolute atomic E-state index is 0.175. The molecule has 0 radical (unpaired) electrons. The Kier molecular flexibility index (Phi) is 4.76. The number of ether oxygens (including phenoxy) is 1. The number of hydrogen-bond donors (Lipinski definition) is 1. The van der Waals surface area contributed by atoms with E-state index in [0.717, 1.165) is 5.39 Å². The average molecular weight is 357 g/mol. The summed E-state index contributed by atoms with van der Waals surface area (Å²) >= 11 is 5.84. The van der Waals surface area contributed by atoms with Gasteiger partial charge in [-0.25, -0.2) is 0 Å². The van der Waals surface area contributed by atoms with Gasteiger partial charge in [0, 0.05) is 29.3 Å². The molecular formula is C19H17ClN2O3. The van der Waals surface area contributed by atoms with E-state index in [9.17, 15) is 9.59 Å². The van der Waals surface area contributed by atoms with Crippen LogP contribution < -0.4 is 10.3 Å². The van der Waals surface area contributed by atoms with Gasteiger partial charge in [0.05, 0.1) is 19.2 Å². The van der Waals surface area contributed by atoms with Crippen LogP contribution in [0.15, 0.2) is 53.3 Å². The summed E-state index contributed by atoms with van der Waals surface area (Å²) in [6.07, 6.45) is 0. The molecule has 0 spiro atoms. The lowest BCUT2D eigenvalue weighted by Crippen LogP contribution is -2.29. The molecule has 25 heavy (non-hydrogen) atoms. The minimum Gasteiger partial charge on any atom is -0.497 e. The number of hydrogen-bond acceptors (Lipinski definition) is 3. The number of carbonyl (C=O) groups excluding carboxylic acids is 1. The van der Waals surface area contributed by atoms with Crippen LogP contribution in [-0.2, 0) is 6.54 Å². The summed E-state index contributed by atoms with van der Waals surface area (Å²) in [4.78, 5) is 29.1. The zero-order valence-corrected chi connectivity index (χ0v) is 14.6. The van der Waals surface area contributed by atoms with Gasteiger partial charge in [-0.05, 0) is 47.9 Å². The molecule has 3 rings (SSSR count). The largest absolute Gasteiger partial charge is 0.497 e. The van der Waals surface area contributed by atoms with Crippen LogP contribution in [0.4, 0.5) is 0 Å². The van der Waals surface area contributed by atoms with Gasteiger partial charge in [-0.15, -0.1) is 0 Å². The number of nitrogens with one attached hydrogen (secondary N) is 1. The van der Waals surface area contributed by atoms with Crippen LogP contribution in [0.1, 0.15) is 15.9 Å². The standard InChI is InChI=1S/C19H17ClN2O3/c1-22(19(24)12-3-6-15(20)7-4-12)11-14-9-13-5-8-16(25-2)10-17(13)21-18(14)23/h3-10H,11H2,1-2H3,(H,21,23). The molecule has 2 aromatic carbocycles. The van der Waals surface area contributed by atoms with Gasteiger partial charge in [0.15, 0.2) is 0 Å². The molecule has 0 aliphatic heterocycles. The molecule has 0 fully saturated rings. The third kappa shape index (κ3) is 3.67. The summed E-state index contributed by atoms with van der Waals surface area (Å²) < 4.78 is 5.16. The SMILES string of the molecule is COc1ccc2cc(CN(C)C(=O)c3ccc(Cl)cc3)c(=O)[nH]c2c1. The molecular weight excluding hydrogens is 340 g/mol. The fraction of sp³-hybridized carbons (Fsp3) is 0.158. The number of H-pyrrole nitrogens is 1. The highest BCUT2D eigenvalue weighted by Gasteiger charge is 2.14. The first kappa shape index (κ1) is 17.0. The van der Waals surface area contributed by atoms with E-state index >= 15 is 0 Å². The fourth-order valence-corrected chi connectivity index (χ4v) is 2.74. The first-order chi connectivity index (χ1) is 12.0. The van der Waals surface area contributed by atoms with E-state index < -0.39 is 0 Å². The summed E-state index contributed by atoms with van der Waals surface area (Å²) in [6, 6.07) is 13.9. The molecule has 6 heteroatoms. The average Bonchev–Trinajstić information content (AvgIpc) is 2.62. The molecule has 1 aromatic heterocycles. The molecule has 0 bridgehead atoms. The molecule has 1 heterocycles. The quantitative estimate of drug-likeness (QED) is 0.778. The lowest BCUT2D eigenvalue weighted by molar-refractivity contribution is 0.0784. The lowest BCUT2D eigenvalue weighted by atomic mass is 10.1. The highest BCUT2D eigenvalue weighted by atomic mass is 35.5. The number of methoxy groups -OCH3 is 1. The second-order valence-corrected chi connectivity index (χ2v) is 6.18. The predicted octanol–water partition coefficient (Wildman–Crippen LogP) is 3.46. The third-order valence-corrected chi connectivity index (χ3v) is 4.23. The molecule has 0 saturated carbocycles.